The van der Waals surface area contributed by atoms with Crippen molar-refractivity contribution in [3.8, 4) is 6.07 Å². The van der Waals surface area contributed by atoms with E-state index in [9.17, 15) is 4.79 Å². The summed E-state index contributed by atoms with van der Waals surface area (Å²) in [6.45, 7) is 2.15. The Hall–Kier alpha value is -1.97. The lowest BCUT2D eigenvalue weighted by Crippen LogP contribution is -2.49. The summed E-state index contributed by atoms with van der Waals surface area (Å²) in [5.41, 5.74) is 1.32. The summed E-state index contributed by atoms with van der Waals surface area (Å²) in [7, 11) is 1.37. The van der Waals surface area contributed by atoms with Gasteiger partial charge >= 0.3 is 5.97 Å². The molecular formula is C13H15N3O3. The van der Waals surface area contributed by atoms with Crippen LogP contribution in [0.5, 0.6) is 0 Å². The molecule has 0 radical (unpaired) electrons. The SMILES string of the molecule is COC(=O)C1COCCN1Cc1ccnc(C#N)c1. The number of aromatic nitrogens is 1. The Bertz CT molecular complexity index is 498. The van der Waals surface area contributed by atoms with Gasteiger partial charge in [-0.15, -0.1) is 0 Å². The fourth-order valence-corrected chi connectivity index (χ4v) is 2.05. The van der Waals surface area contributed by atoms with E-state index in [1.165, 1.54) is 7.11 Å². The van der Waals surface area contributed by atoms with E-state index in [4.69, 9.17) is 14.7 Å². The minimum absolute atomic E-state index is 0.297. The zero-order valence-electron chi connectivity index (χ0n) is 10.7. The molecule has 1 aliphatic heterocycles. The van der Waals surface area contributed by atoms with Gasteiger partial charge in [0.2, 0.25) is 0 Å². The third-order valence-corrected chi connectivity index (χ3v) is 3.04. The first-order chi connectivity index (χ1) is 9.24. The van der Waals surface area contributed by atoms with Crippen LogP contribution in [0.1, 0.15) is 11.3 Å². The van der Waals surface area contributed by atoms with Crippen molar-refractivity contribution >= 4 is 5.97 Å². The number of hydrogen-bond donors (Lipinski definition) is 0. The minimum atomic E-state index is -0.391. The van der Waals surface area contributed by atoms with Crippen LogP contribution in [-0.4, -0.2) is 48.8 Å². The first-order valence-electron chi connectivity index (χ1n) is 5.99. The highest BCUT2D eigenvalue weighted by Crippen LogP contribution is 2.13. The molecule has 1 aromatic heterocycles. The molecule has 0 spiro atoms. The lowest BCUT2D eigenvalue weighted by atomic mass is 10.1. The van der Waals surface area contributed by atoms with E-state index < -0.39 is 6.04 Å². The number of rotatable bonds is 3. The summed E-state index contributed by atoms with van der Waals surface area (Å²) in [5, 5.41) is 8.83. The smallest absolute Gasteiger partial charge is 0.325 e. The lowest BCUT2D eigenvalue weighted by molar-refractivity contribution is -0.153. The molecule has 6 nitrogen and oxygen atoms in total. The van der Waals surface area contributed by atoms with Crippen LogP contribution in [0, 0.1) is 11.3 Å². The zero-order valence-corrected chi connectivity index (χ0v) is 10.7. The van der Waals surface area contributed by atoms with Gasteiger partial charge in [-0.25, -0.2) is 4.98 Å². The monoisotopic (exact) mass is 261 g/mol. The van der Waals surface area contributed by atoms with Gasteiger partial charge in [0.05, 0.1) is 20.3 Å². The molecule has 1 aliphatic rings. The minimum Gasteiger partial charge on any atom is -0.468 e. The van der Waals surface area contributed by atoms with Crippen LogP contribution >= 0.6 is 0 Å². The quantitative estimate of drug-likeness (QED) is 0.730. The topological polar surface area (TPSA) is 75.5 Å². The van der Waals surface area contributed by atoms with Gasteiger partial charge in [0.25, 0.3) is 0 Å². The largest absolute Gasteiger partial charge is 0.468 e. The molecule has 1 atom stereocenters. The average molecular weight is 261 g/mol. The van der Waals surface area contributed by atoms with Crippen molar-refractivity contribution in [3.63, 3.8) is 0 Å². The molecule has 0 bridgehead atoms. The molecule has 0 amide bonds. The van der Waals surface area contributed by atoms with Crippen LogP contribution in [0.3, 0.4) is 0 Å². The van der Waals surface area contributed by atoms with Crippen molar-refractivity contribution < 1.29 is 14.3 Å². The second kappa shape index (κ2) is 6.27. The van der Waals surface area contributed by atoms with E-state index in [1.807, 2.05) is 17.0 Å². The Labute approximate surface area is 111 Å². The number of ether oxygens (including phenoxy) is 2. The third-order valence-electron chi connectivity index (χ3n) is 3.04. The summed E-state index contributed by atoms with van der Waals surface area (Å²) in [5.74, 6) is -0.297. The van der Waals surface area contributed by atoms with E-state index in [1.54, 1.807) is 12.3 Å². The molecule has 0 aliphatic carbocycles. The zero-order chi connectivity index (χ0) is 13.7. The van der Waals surface area contributed by atoms with E-state index in [0.29, 0.717) is 32.0 Å². The van der Waals surface area contributed by atoms with Gasteiger partial charge in [-0.3, -0.25) is 9.69 Å². The number of hydrogen-bond acceptors (Lipinski definition) is 6. The molecule has 1 fully saturated rings. The number of nitriles is 1. The van der Waals surface area contributed by atoms with E-state index in [-0.39, 0.29) is 5.97 Å². The normalized spacial score (nSPS) is 19.7. The molecular weight excluding hydrogens is 246 g/mol. The average Bonchev–Trinajstić information content (AvgIpc) is 2.47. The Morgan fingerprint density at radius 1 is 1.74 bits per heavy atom. The van der Waals surface area contributed by atoms with E-state index in [0.717, 1.165) is 5.56 Å². The highest BCUT2D eigenvalue weighted by atomic mass is 16.5. The van der Waals surface area contributed by atoms with Crippen LogP contribution < -0.4 is 0 Å². The second-order valence-corrected chi connectivity index (χ2v) is 4.25. The van der Waals surface area contributed by atoms with Crippen molar-refractivity contribution in [1.29, 1.82) is 5.26 Å². The Kier molecular flexibility index (Phi) is 4.44. The summed E-state index contributed by atoms with van der Waals surface area (Å²) < 4.78 is 10.1. The number of pyridine rings is 1. The van der Waals surface area contributed by atoms with Crippen molar-refractivity contribution in [2.24, 2.45) is 0 Å². The summed E-state index contributed by atoms with van der Waals surface area (Å²) in [6, 6.07) is 5.18. The highest BCUT2D eigenvalue weighted by Gasteiger charge is 2.30. The van der Waals surface area contributed by atoms with Gasteiger partial charge in [0, 0.05) is 19.3 Å². The number of morpholine rings is 1. The molecule has 0 saturated carbocycles. The first-order valence-corrected chi connectivity index (χ1v) is 5.99. The summed E-state index contributed by atoms with van der Waals surface area (Å²) >= 11 is 0. The number of carbonyl (C=O) groups is 1. The molecule has 0 N–H and O–H groups in total. The van der Waals surface area contributed by atoms with Crippen LogP contribution in [0.2, 0.25) is 0 Å². The third kappa shape index (κ3) is 3.28. The Morgan fingerprint density at radius 2 is 2.58 bits per heavy atom. The number of nitrogens with zero attached hydrogens (tertiary/aromatic N) is 3. The predicted octanol–water partition coefficient (Wildman–Crippen LogP) is 0.327. The predicted molar refractivity (Wildman–Crippen MR) is 66.0 cm³/mol. The maximum Gasteiger partial charge on any atom is 0.325 e. The van der Waals surface area contributed by atoms with Crippen molar-refractivity contribution in [2.45, 2.75) is 12.6 Å². The fourth-order valence-electron chi connectivity index (χ4n) is 2.05. The number of carbonyl (C=O) groups excluding carboxylic acids is 1. The standard InChI is InChI=1S/C13H15N3O3/c1-18-13(17)12-9-19-5-4-16(12)8-10-2-3-15-11(6-10)7-14/h2-3,6,12H,4-5,8-9H2,1H3. The van der Waals surface area contributed by atoms with Gasteiger partial charge in [-0.05, 0) is 17.7 Å². The maximum atomic E-state index is 11.7. The van der Waals surface area contributed by atoms with Crippen molar-refractivity contribution in [1.82, 2.24) is 9.88 Å². The molecule has 6 heteroatoms. The van der Waals surface area contributed by atoms with Gasteiger partial charge in [0.1, 0.15) is 17.8 Å². The lowest BCUT2D eigenvalue weighted by Gasteiger charge is -2.33. The molecule has 2 heterocycles. The highest BCUT2D eigenvalue weighted by molar-refractivity contribution is 5.75. The van der Waals surface area contributed by atoms with E-state index in [2.05, 4.69) is 4.98 Å². The first kappa shape index (κ1) is 13.5. The van der Waals surface area contributed by atoms with E-state index >= 15 is 0 Å². The number of methoxy groups -OCH3 is 1. The second-order valence-electron chi connectivity index (χ2n) is 4.25. The molecule has 1 aromatic rings. The van der Waals surface area contributed by atoms with Crippen LogP contribution in [0.25, 0.3) is 0 Å². The van der Waals surface area contributed by atoms with Gasteiger partial charge in [-0.2, -0.15) is 5.26 Å². The Balaban J connectivity index is 2.10. The van der Waals surface area contributed by atoms with Crippen LogP contribution in [0.15, 0.2) is 18.3 Å². The molecule has 19 heavy (non-hydrogen) atoms. The van der Waals surface area contributed by atoms with Gasteiger partial charge in [-0.1, -0.05) is 0 Å². The van der Waals surface area contributed by atoms with Crippen molar-refractivity contribution in [2.75, 3.05) is 26.9 Å². The maximum absolute atomic E-state index is 11.7. The van der Waals surface area contributed by atoms with Crippen LogP contribution in [-0.2, 0) is 20.8 Å². The number of esters is 1. The van der Waals surface area contributed by atoms with Gasteiger partial charge < -0.3 is 9.47 Å². The molecule has 0 aromatic carbocycles. The molecule has 2 rings (SSSR count). The summed E-state index contributed by atoms with van der Waals surface area (Å²) in [4.78, 5) is 17.6. The molecule has 1 saturated heterocycles. The Morgan fingerprint density at radius 3 is 3.32 bits per heavy atom. The fraction of sp³-hybridized carbons (Fsp3) is 0.462. The van der Waals surface area contributed by atoms with Crippen molar-refractivity contribution in [3.05, 3.63) is 29.6 Å². The van der Waals surface area contributed by atoms with Gasteiger partial charge in [0.15, 0.2) is 0 Å². The summed E-state index contributed by atoms with van der Waals surface area (Å²) in [6.07, 6.45) is 1.60. The molecule has 1 unspecified atom stereocenters. The van der Waals surface area contributed by atoms with Crippen LogP contribution in [0.4, 0.5) is 0 Å². The molecule has 100 valence electrons.